The third-order valence-corrected chi connectivity index (χ3v) is 3.89. The van der Waals surface area contributed by atoms with Crippen molar-refractivity contribution in [2.45, 2.75) is 0 Å². The third-order valence-electron chi connectivity index (χ3n) is 3.34. The molecule has 7 heteroatoms. The summed E-state index contributed by atoms with van der Waals surface area (Å²) < 4.78 is 0. The smallest absolute Gasteiger partial charge is 0.185 e. The Morgan fingerprint density at radius 2 is 1.79 bits per heavy atom. The molecule has 0 aliphatic carbocycles. The second-order valence-corrected chi connectivity index (χ2v) is 5.88. The third kappa shape index (κ3) is 3.64. The number of hydrogen-bond donors (Lipinski definition) is 2. The van der Waals surface area contributed by atoms with Crippen molar-refractivity contribution in [3.05, 3.63) is 58.6 Å². The van der Waals surface area contributed by atoms with Crippen molar-refractivity contribution in [3.8, 4) is 22.6 Å². The molecule has 0 atom stereocenters. The molecule has 3 aromatic rings. The van der Waals surface area contributed by atoms with Crippen LogP contribution < -0.4 is 11.1 Å². The fraction of sp³-hybridized carbons (Fsp3) is 0.118. The van der Waals surface area contributed by atoms with Gasteiger partial charge in [0.05, 0.1) is 5.02 Å². The predicted octanol–water partition coefficient (Wildman–Crippen LogP) is 3.88. The van der Waals surface area contributed by atoms with Crippen LogP contribution in [0.2, 0.25) is 10.0 Å². The molecule has 1 aromatic heterocycles. The maximum atomic E-state index is 6.24. The Morgan fingerprint density at radius 1 is 1.00 bits per heavy atom. The van der Waals surface area contributed by atoms with E-state index in [0.717, 1.165) is 5.56 Å². The average Bonchev–Trinajstić information content (AvgIpc) is 2.60. The van der Waals surface area contributed by atoms with Gasteiger partial charge in [-0.2, -0.15) is 0 Å². The maximum absolute atomic E-state index is 6.24. The molecule has 0 aliphatic rings. The van der Waals surface area contributed by atoms with Gasteiger partial charge in [0.1, 0.15) is 5.69 Å². The second kappa shape index (κ2) is 7.57. The molecule has 0 radical (unpaired) electrons. The molecule has 2 aromatic carbocycles. The minimum atomic E-state index is 0.427. The summed E-state index contributed by atoms with van der Waals surface area (Å²) in [5, 5.41) is 12.8. The Kier molecular flexibility index (Phi) is 5.25. The van der Waals surface area contributed by atoms with Gasteiger partial charge >= 0.3 is 0 Å². The van der Waals surface area contributed by atoms with Gasteiger partial charge in [0.2, 0.25) is 0 Å². The number of aromatic nitrogens is 3. The summed E-state index contributed by atoms with van der Waals surface area (Å²) >= 11 is 12.2. The molecule has 0 spiro atoms. The molecule has 5 nitrogen and oxygen atoms in total. The largest absolute Gasteiger partial charge is 0.367 e. The summed E-state index contributed by atoms with van der Waals surface area (Å²) in [6.07, 6.45) is 0. The quantitative estimate of drug-likeness (QED) is 0.722. The van der Waals surface area contributed by atoms with E-state index in [1.54, 1.807) is 18.2 Å². The zero-order chi connectivity index (χ0) is 16.9. The molecule has 3 rings (SSSR count). The highest BCUT2D eigenvalue weighted by Crippen LogP contribution is 2.30. The molecular weight excluding hydrogens is 345 g/mol. The number of nitrogens with zero attached hydrogens (tertiary/aromatic N) is 3. The lowest BCUT2D eigenvalue weighted by molar-refractivity contribution is 0.959. The Hall–Kier alpha value is -2.21. The van der Waals surface area contributed by atoms with Gasteiger partial charge in [-0.1, -0.05) is 53.5 Å². The van der Waals surface area contributed by atoms with Crippen LogP contribution in [0.4, 0.5) is 5.82 Å². The SMILES string of the molecule is NCCNc1nc(-c2ccc(Cl)cc2Cl)nnc1-c1ccccc1. The Balaban J connectivity index is 2.07. The molecule has 0 aliphatic heterocycles. The second-order valence-electron chi connectivity index (χ2n) is 5.04. The number of benzene rings is 2. The highest BCUT2D eigenvalue weighted by molar-refractivity contribution is 6.36. The number of rotatable bonds is 5. The van der Waals surface area contributed by atoms with Gasteiger partial charge in [-0.15, -0.1) is 10.2 Å². The summed E-state index contributed by atoms with van der Waals surface area (Å²) in [4.78, 5) is 4.58. The first kappa shape index (κ1) is 16.6. The van der Waals surface area contributed by atoms with E-state index in [2.05, 4.69) is 20.5 Å². The van der Waals surface area contributed by atoms with Gasteiger partial charge in [-0.25, -0.2) is 4.98 Å². The van der Waals surface area contributed by atoms with Crippen LogP contribution in [0.15, 0.2) is 48.5 Å². The monoisotopic (exact) mass is 359 g/mol. The van der Waals surface area contributed by atoms with E-state index in [-0.39, 0.29) is 0 Å². The van der Waals surface area contributed by atoms with E-state index in [4.69, 9.17) is 28.9 Å². The van der Waals surface area contributed by atoms with Gasteiger partial charge in [0.15, 0.2) is 11.6 Å². The van der Waals surface area contributed by atoms with Crippen molar-refractivity contribution in [1.82, 2.24) is 15.2 Å². The molecule has 0 amide bonds. The first-order valence-corrected chi connectivity index (χ1v) is 8.14. The van der Waals surface area contributed by atoms with Crippen molar-refractivity contribution in [2.24, 2.45) is 5.73 Å². The van der Waals surface area contributed by atoms with Gasteiger partial charge in [0.25, 0.3) is 0 Å². The van der Waals surface area contributed by atoms with E-state index in [0.29, 0.717) is 46.0 Å². The molecule has 0 saturated carbocycles. The number of anilines is 1. The molecule has 0 saturated heterocycles. The lowest BCUT2D eigenvalue weighted by Crippen LogP contribution is -2.15. The minimum Gasteiger partial charge on any atom is -0.367 e. The van der Waals surface area contributed by atoms with Gasteiger partial charge in [0, 0.05) is 29.2 Å². The predicted molar refractivity (Wildman–Crippen MR) is 98.3 cm³/mol. The van der Waals surface area contributed by atoms with Gasteiger partial charge in [-0.05, 0) is 18.2 Å². The summed E-state index contributed by atoms with van der Waals surface area (Å²) in [6, 6.07) is 14.9. The van der Waals surface area contributed by atoms with E-state index >= 15 is 0 Å². The van der Waals surface area contributed by atoms with Crippen molar-refractivity contribution < 1.29 is 0 Å². The average molecular weight is 360 g/mol. The highest BCUT2D eigenvalue weighted by atomic mass is 35.5. The molecular formula is C17H15Cl2N5. The lowest BCUT2D eigenvalue weighted by atomic mass is 10.1. The van der Waals surface area contributed by atoms with Crippen LogP contribution in [0.5, 0.6) is 0 Å². The zero-order valence-corrected chi connectivity index (χ0v) is 14.2. The van der Waals surface area contributed by atoms with Crippen LogP contribution in [0, 0.1) is 0 Å². The fourth-order valence-electron chi connectivity index (χ4n) is 2.22. The minimum absolute atomic E-state index is 0.427. The Morgan fingerprint density at radius 3 is 2.50 bits per heavy atom. The number of halogens is 2. The van der Waals surface area contributed by atoms with Crippen LogP contribution in [0.25, 0.3) is 22.6 Å². The first-order valence-electron chi connectivity index (χ1n) is 7.38. The number of hydrogen-bond acceptors (Lipinski definition) is 5. The van der Waals surface area contributed by atoms with Gasteiger partial charge < -0.3 is 11.1 Å². The number of nitrogens with two attached hydrogens (primary N) is 1. The van der Waals surface area contributed by atoms with Gasteiger partial charge in [-0.3, -0.25) is 0 Å². The highest BCUT2D eigenvalue weighted by Gasteiger charge is 2.14. The summed E-state index contributed by atoms with van der Waals surface area (Å²) in [7, 11) is 0. The van der Waals surface area contributed by atoms with Crippen LogP contribution in [0.1, 0.15) is 0 Å². The van der Waals surface area contributed by atoms with Crippen LogP contribution in [-0.2, 0) is 0 Å². The normalized spacial score (nSPS) is 10.6. The fourth-order valence-corrected chi connectivity index (χ4v) is 2.71. The molecule has 0 unspecified atom stereocenters. The van der Waals surface area contributed by atoms with E-state index < -0.39 is 0 Å². The van der Waals surface area contributed by atoms with Crippen LogP contribution >= 0.6 is 23.2 Å². The lowest BCUT2D eigenvalue weighted by Gasteiger charge is -2.11. The standard InChI is InChI=1S/C17H15Cl2N5/c18-12-6-7-13(14(19)10-12)16-22-17(21-9-8-20)15(23-24-16)11-4-2-1-3-5-11/h1-7,10H,8-9,20H2,(H,21,22,24). The Bertz CT molecular complexity index is 840. The van der Waals surface area contributed by atoms with Crippen LogP contribution in [0.3, 0.4) is 0 Å². The molecule has 0 fully saturated rings. The van der Waals surface area contributed by atoms with E-state index in [9.17, 15) is 0 Å². The van der Waals surface area contributed by atoms with Crippen molar-refractivity contribution in [2.75, 3.05) is 18.4 Å². The number of nitrogens with one attached hydrogen (secondary N) is 1. The summed E-state index contributed by atoms with van der Waals surface area (Å²) in [5.41, 5.74) is 7.85. The van der Waals surface area contributed by atoms with Crippen LogP contribution in [-0.4, -0.2) is 28.3 Å². The topological polar surface area (TPSA) is 76.7 Å². The summed E-state index contributed by atoms with van der Waals surface area (Å²) in [5.74, 6) is 1.04. The Labute approximate surface area is 149 Å². The van der Waals surface area contributed by atoms with Crippen molar-refractivity contribution in [3.63, 3.8) is 0 Å². The maximum Gasteiger partial charge on any atom is 0.185 e. The molecule has 3 N–H and O–H groups in total. The molecule has 122 valence electrons. The summed E-state index contributed by atoms with van der Waals surface area (Å²) in [6.45, 7) is 1.06. The first-order chi connectivity index (χ1) is 11.7. The molecule has 0 bridgehead atoms. The molecule has 24 heavy (non-hydrogen) atoms. The van der Waals surface area contributed by atoms with E-state index in [1.165, 1.54) is 0 Å². The van der Waals surface area contributed by atoms with Crippen molar-refractivity contribution >= 4 is 29.0 Å². The van der Waals surface area contributed by atoms with Crippen molar-refractivity contribution in [1.29, 1.82) is 0 Å². The zero-order valence-electron chi connectivity index (χ0n) is 12.7. The van der Waals surface area contributed by atoms with E-state index in [1.807, 2.05) is 30.3 Å². The molecule has 1 heterocycles.